The summed E-state index contributed by atoms with van der Waals surface area (Å²) < 4.78 is 32.3. The number of guanidine groups is 1. The molecule has 1 aliphatic heterocycles. The summed E-state index contributed by atoms with van der Waals surface area (Å²) in [5, 5.41) is 8.08. The van der Waals surface area contributed by atoms with Crippen LogP contribution in [0.15, 0.2) is 26.7 Å². The maximum Gasteiger partial charge on any atom is 0.410 e. The zero-order valence-electron chi connectivity index (χ0n) is 17.1. The van der Waals surface area contributed by atoms with Gasteiger partial charge in [0, 0.05) is 26.2 Å². The number of amides is 1. The first-order valence-electron chi connectivity index (χ1n) is 9.16. The Morgan fingerprint density at radius 3 is 2.62 bits per heavy atom. The Morgan fingerprint density at radius 2 is 2.07 bits per heavy atom. The summed E-state index contributed by atoms with van der Waals surface area (Å²) in [5.74, 6) is 0.590. The summed E-state index contributed by atoms with van der Waals surface area (Å²) in [6.07, 6.45) is -0.324. The van der Waals surface area contributed by atoms with E-state index in [9.17, 15) is 13.2 Å². The quantitative estimate of drug-likeness (QED) is 0.204. The molecule has 1 aliphatic rings. The number of thiophene rings is 1. The van der Waals surface area contributed by atoms with E-state index in [-0.39, 0.29) is 42.7 Å². The van der Waals surface area contributed by atoms with Gasteiger partial charge in [-0.1, -0.05) is 6.07 Å². The highest BCUT2D eigenvalue weighted by Crippen LogP contribution is 2.16. The van der Waals surface area contributed by atoms with Gasteiger partial charge in [-0.25, -0.2) is 17.9 Å². The van der Waals surface area contributed by atoms with Gasteiger partial charge in [-0.3, -0.25) is 4.99 Å². The van der Waals surface area contributed by atoms with Crippen molar-refractivity contribution in [3.05, 3.63) is 17.5 Å². The van der Waals surface area contributed by atoms with Crippen molar-refractivity contribution in [1.82, 2.24) is 20.3 Å². The summed E-state index contributed by atoms with van der Waals surface area (Å²) >= 11 is 1.17. The topological polar surface area (TPSA) is 112 Å². The molecule has 29 heavy (non-hydrogen) atoms. The van der Waals surface area contributed by atoms with E-state index in [1.54, 1.807) is 22.4 Å². The third-order valence-electron chi connectivity index (χ3n) is 3.65. The second kappa shape index (κ2) is 11.3. The highest BCUT2D eigenvalue weighted by atomic mass is 127. The molecule has 3 N–H and O–H groups in total. The molecule has 0 atom stereocenters. The molecule has 1 amide bonds. The first-order valence-corrected chi connectivity index (χ1v) is 11.5. The van der Waals surface area contributed by atoms with Gasteiger partial charge in [0.2, 0.25) is 10.0 Å². The largest absolute Gasteiger partial charge is 0.444 e. The van der Waals surface area contributed by atoms with Crippen LogP contribution in [-0.4, -0.2) is 69.7 Å². The normalized spacial score (nSPS) is 15.3. The van der Waals surface area contributed by atoms with Crippen LogP contribution in [0.25, 0.3) is 0 Å². The van der Waals surface area contributed by atoms with Crippen molar-refractivity contribution in [2.45, 2.75) is 43.5 Å². The maximum atomic E-state index is 12.1. The number of hydrogen-bond donors (Lipinski definition) is 3. The summed E-state index contributed by atoms with van der Waals surface area (Å²) in [6.45, 7) is 9.69. The Morgan fingerprint density at radius 1 is 1.38 bits per heavy atom. The number of ether oxygens (including phenoxy) is 1. The zero-order chi connectivity index (χ0) is 20.8. The standard InChI is InChI=1S/C17H29N5O4S2.HI/c1-5-18-15(19-8-9-20-28(24,25)14-7-6-10-27-14)21-13-11-22(12-13)16(23)26-17(2,3)4;/h6-7,10,13,20H,5,8-9,11-12H2,1-4H3,(H2,18,19,21);1H. The van der Waals surface area contributed by atoms with Crippen molar-refractivity contribution in [1.29, 1.82) is 0 Å². The van der Waals surface area contributed by atoms with Gasteiger partial charge < -0.3 is 20.3 Å². The first kappa shape index (κ1) is 25.9. The van der Waals surface area contributed by atoms with E-state index >= 15 is 0 Å². The van der Waals surface area contributed by atoms with Crippen LogP contribution in [0.4, 0.5) is 4.79 Å². The number of nitrogens with zero attached hydrogens (tertiary/aromatic N) is 2. The monoisotopic (exact) mass is 559 g/mol. The summed E-state index contributed by atoms with van der Waals surface area (Å²) in [6, 6.07) is 3.34. The number of nitrogens with one attached hydrogen (secondary N) is 3. The second-order valence-corrected chi connectivity index (χ2v) is 10.3. The lowest BCUT2D eigenvalue weighted by Crippen LogP contribution is -2.63. The lowest BCUT2D eigenvalue weighted by atomic mass is 10.1. The van der Waals surface area contributed by atoms with Crippen molar-refractivity contribution in [2.24, 2.45) is 4.99 Å². The summed E-state index contributed by atoms with van der Waals surface area (Å²) in [4.78, 5) is 18.0. The second-order valence-electron chi connectivity index (χ2n) is 7.32. The number of carbonyl (C=O) groups excluding carboxylic acids is 1. The molecule has 2 heterocycles. The van der Waals surface area contributed by atoms with Gasteiger partial charge in [-0.2, -0.15) is 0 Å². The smallest absolute Gasteiger partial charge is 0.410 e. The number of rotatable bonds is 7. The predicted octanol–water partition coefficient (Wildman–Crippen LogP) is 1.82. The Hall–Kier alpha value is -1.12. The molecule has 0 aliphatic carbocycles. The van der Waals surface area contributed by atoms with Gasteiger partial charge in [-0.05, 0) is 39.1 Å². The number of halogens is 1. The van der Waals surface area contributed by atoms with Gasteiger partial charge in [0.25, 0.3) is 0 Å². The molecule has 0 spiro atoms. The van der Waals surface area contributed by atoms with Crippen molar-refractivity contribution in [3.8, 4) is 0 Å². The molecule has 12 heteroatoms. The van der Waals surface area contributed by atoms with Gasteiger partial charge in [0.1, 0.15) is 9.81 Å². The summed E-state index contributed by atoms with van der Waals surface area (Å²) in [7, 11) is -3.48. The van der Waals surface area contributed by atoms with Crippen LogP contribution in [0, 0.1) is 0 Å². The molecule has 0 bridgehead atoms. The highest BCUT2D eigenvalue weighted by Gasteiger charge is 2.34. The Bertz CT molecular complexity index is 772. The molecule has 0 saturated carbocycles. The molecule has 0 radical (unpaired) electrons. The average molecular weight is 559 g/mol. The summed E-state index contributed by atoms with van der Waals surface area (Å²) in [5.41, 5.74) is -0.511. The van der Waals surface area contributed by atoms with Crippen LogP contribution in [0.5, 0.6) is 0 Å². The lowest BCUT2D eigenvalue weighted by Gasteiger charge is -2.40. The molecule has 2 rings (SSSR count). The minimum absolute atomic E-state index is 0. The fourth-order valence-electron chi connectivity index (χ4n) is 2.39. The fraction of sp³-hybridized carbons (Fsp3) is 0.647. The molecular formula is C17H30IN5O4S2. The van der Waals surface area contributed by atoms with Crippen molar-refractivity contribution in [2.75, 3.05) is 32.7 Å². The van der Waals surface area contributed by atoms with E-state index in [0.717, 1.165) is 0 Å². The van der Waals surface area contributed by atoms with E-state index < -0.39 is 15.6 Å². The molecule has 1 fully saturated rings. The van der Waals surface area contributed by atoms with Crippen LogP contribution < -0.4 is 15.4 Å². The van der Waals surface area contributed by atoms with E-state index in [1.165, 1.54) is 11.3 Å². The SMILES string of the molecule is CCNC(=NCCNS(=O)(=O)c1cccs1)NC1CN(C(=O)OC(C)(C)C)C1.I. The highest BCUT2D eigenvalue weighted by molar-refractivity contribution is 14.0. The molecule has 1 aromatic heterocycles. The lowest BCUT2D eigenvalue weighted by molar-refractivity contribution is 0.00700. The molecular weight excluding hydrogens is 529 g/mol. The third-order valence-corrected chi connectivity index (χ3v) is 6.51. The van der Waals surface area contributed by atoms with E-state index in [1.807, 2.05) is 27.7 Å². The first-order chi connectivity index (χ1) is 13.1. The molecule has 9 nitrogen and oxygen atoms in total. The van der Waals surface area contributed by atoms with Gasteiger partial charge in [-0.15, -0.1) is 35.3 Å². The van der Waals surface area contributed by atoms with Crippen molar-refractivity contribution >= 4 is 57.4 Å². The van der Waals surface area contributed by atoms with Crippen molar-refractivity contribution < 1.29 is 17.9 Å². The van der Waals surface area contributed by atoms with E-state index in [0.29, 0.717) is 36.3 Å². The number of hydrogen-bond acceptors (Lipinski definition) is 6. The van der Waals surface area contributed by atoms with Crippen LogP contribution in [-0.2, 0) is 14.8 Å². The Kier molecular flexibility index (Phi) is 10.1. The molecule has 0 unspecified atom stereocenters. The number of aliphatic imine (C=N–C) groups is 1. The van der Waals surface area contributed by atoms with E-state index in [4.69, 9.17) is 4.74 Å². The van der Waals surface area contributed by atoms with Crippen LogP contribution >= 0.6 is 35.3 Å². The van der Waals surface area contributed by atoms with Gasteiger partial charge in [0.15, 0.2) is 5.96 Å². The maximum absolute atomic E-state index is 12.1. The molecule has 1 saturated heterocycles. The average Bonchev–Trinajstić information content (AvgIpc) is 3.07. The Balaban J connectivity index is 0.00000420. The minimum Gasteiger partial charge on any atom is -0.444 e. The number of carbonyl (C=O) groups is 1. The van der Waals surface area contributed by atoms with Gasteiger partial charge in [0.05, 0.1) is 12.6 Å². The Labute approximate surface area is 193 Å². The number of sulfonamides is 1. The van der Waals surface area contributed by atoms with E-state index in [2.05, 4.69) is 20.3 Å². The third kappa shape index (κ3) is 8.64. The number of likely N-dealkylation sites (tertiary alicyclic amines) is 1. The van der Waals surface area contributed by atoms with Gasteiger partial charge >= 0.3 is 6.09 Å². The van der Waals surface area contributed by atoms with Crippen LogP contribution in [0.1, 0.15) is 27.7 Å². The predicted molar refractivity (Wildman–Crippen MR) is 126 cm³/mol. The van der Waals surface area contributed by atoms with Crippen molar-refractivity contribution in [3.63, 3.8) is 0 Å². The molecule has 166 valence electrons. The molecule has 1 aromatic rings. The van der Waals surface area contributed by atoms with Crippen LogP contribution in [0.2, 0.25) is 0 Å². The zero-order valence-corrected chi connectivity index (χ0v) is 21.1. The molecule has 0 aromatic carbocycles. The minimum atomic E-state index is -3.48. The fourth-order valence-corrected chi connectivity index (χ4v) is 4.45. The van der Waals surface area contributed by atoms with Crippen LogP contribution in [0.3, 0.4) is 0 Å².